The average Bonchev–Trinajstić information content (AvgIpc) is 2.45. The second-order valence-electron chi connectivity index (χ2n) is 7.32. The Balaban J connectivity index is 1.96. The van der Waals surface area contributed by atoms with E-state index in [0.717, 1.165) is 34.4 Å². The molecule has 1 amide bonds. The molecule has 1 aliphatic heterocycles. The van der Waals surface area contributed by atoms with Gasteiger partial charge in [-0.25, -0.2) is 4.79 Å². The molecule has 1 aliphatic rings. The van der Waals surface area contributed by atoms with Gasteiger partial charge in [-0.05, 0) is 58.2 Å². The van der Waals surface area contributed by atoms with Crippen LogP contribution < -0.4 is 5.32 Å². The molecule has 0 saturated carbocycles. The summed E-state index contributed by atoms with van der Waals surface area (Å²) in [7, 11) is 0. The summed E-state index contributed by atoms with van der Waals surface area (Å²) in [6, 6.07) is 6.28. The van der Waals surface area contributed by atoms with Crippen molar-refractivity contribution in [1.82, 2.24) is 10.2 Å². The third-order valence-corrected chi connectivity index (χ3v) is 4.81. The van der Waals surface area contributed by atoms with E-state index in [1.54, 1.807) is 4.90 Å². The number of halogens is 2. The van der Waals surface area contributed by atoms with E-state index in [1.807, 2.05) is 39.0 Å². The molecule has 2 rings (SSSR count). The molecule has 0 aromatic heterocycles. The molecular weight excluding hydrogens is 392 g/mol. The summed E-state index contributed by atoms with van der Waals surface area (Å²) in [6.07, 6.45) is 1.78. The molecule has 0 bridgehead atoms. The predicted octanol–water partition coefficient (Wildman–Crippen LogP) is 5.15. The van der Waals surface area contributed by atoms with Gasteiger partial charge in [0.15, 0.2) is 0 Å². The third-order valence-electron chi connectivity index (χ3n) is 3.99. The fourth-order valence-electron chi connectivity index (χ4n) is 2.90. The van der Waals surface area contributed by atoms with Gasteiger partial charge in [0.05, 0.1) is 0 Å². The Bertz CT molecular complexity index is 589. The lowest BCUT2D eigenvalue weighted by molar-refractivity contribution is 0.0184. The van der Waals surface area contributed by atoms with Crippen molar-refractivity contribution < 1.29 is 9.53 Å². The number of nitrogens with one attached hydrogen (secondary N) is 1. The molecular formula is C18H26BrClN2O2. The molecule has 6 heteroatoms. The molecule has 1 fully saturated rings. The maximum absolute atomic E-state index is 12.3. The summed E-state index contributed by atoms with van der Waals surface area (Å²) in [5.74, 6) is 0. The standard InChI is InChI=1S/C18H26BrClN2O2/c1-12(15-8-7-13(19)10-16(15)20)21-14-6-5-9-22(11-14)17(23)24-18(2,3)4/h7-8,10,12,14,21H,5-6,9,11H2,1-4H3. The van der Waals surface area contributed by atoms with E-state index in [2.05, 4.69) is 28.2 Å². The Morgan fingerprint density at radius 1 is 1.46 bits per heavy atom. The maximum Gasteiger partial charge on any atom is 0.410 e. The molecule has 4 nitrogen and oxygen atoms in total. The molecule has 2 atom stereocenters. The van der Waals surface area contributed by atoms with Gasteiger partial charge in [-0.2, -0.15) is 0 Å². The number of carbonyl (C=O) groups excluding carboxylic acids is 1. The van der Waals surface area contributed by atoms with Crippen LogP contribution in [0.2, 0.25) is 5.02 Å². The van der Waals surface area contributed by atoms with E-state index in [0.29, 0.717) is 6.54 Å². The van der Waals surface area contributed by atoms with E-state index in [1.165, 1.54) is 0 Å². The van der Waals surface area contributed by atoms with Crippen molar-refractivity contribution in [2.24, 2.45) is 0 Å². The van der Waals surface area contributed by atoms with Crippen molar-refractivity contribution in [2.75, 3.05) is 13.1 Å². The quantitative estimate of drug-likeness (QED) is 0.739. The highest BCUT2D eigenvalue weighted by atomic mass is 79.9. The zero-order chi connectivity index (χ0) is 17.9. The van der Waals surface area contributed by atoms with Crippen molar-refractivity contribution in [3.63, 3.8) is 0 Å². The van der Waals surface area contributed by atoms with Gasteiger partial charge in [-0.1, -0.05) is 33.6 Å². The fraction of sp³-hybridized carbons (Fsp3) is 0.611. The molecule has 0 radical (unpaired) electrons. The van der Waals surface area contributed by atoms with Crippen LogP contribution in [0.3, 0.4) is 0 Å². The average molecular weight is 418 g/mol. The van der Waals surface area contributed by atoms with Crippen molar-refractivity contribution in [1.29, 1.82) is 0 Å². The van der Waals surface area contributed by atoms with Gasteiger partial charge in [0.2, 0.25) is 0 Å². The zero-order valence-electron chi connectivity index (χ0n) is 14.7. The van der Waals surface area contributed by atoms with Crippen LogP contribution in [0.25, 0.3) is 0 Å². The van der Waals surface area contributed by atoms with Crippen LogP contribution >= 0.6 is 27.5 Å². The smallest absolute Gasteiger partial charge is 0.410 e. The second kappa shape index (κ2) is 8.07. The Morgan fingerprint density at radius 2 is 2.17 bits per heavy atom. The van der Waals surface area contributed by atoms with E-state index in [-0.39, 0.29) is 18.2 Å². The number of benzene rings is 1. The Morgan fingerprint density at radius 3 is 2.79 bits per heavy atom. The summed E-state index contributed by atoms with van der Waals surface area (Å²) < 4.78 is 6.45. The summed E-state index contributed by atoms with van der Waals surface area (Å²) in [4.78, 5) is 14.1. The number of rotatable bonds is 3. The summed E-state index contributed by atoms with van der Waals surface area (Å²) in [5.41, 5.74) is 0.602. The van der Waals surface area contributed by atoms with E-state index in [9.17, 15) is 4.79 Å². The van der Waals surface area contributed by atoms with Gasteiger partial charge in [0.25, 0.3) is 0 Å². The van der Waals surface area contributed by atoms with Gasteiger partial charge in [-0.3, -0.25) is 0 Å². The van der Waals surface area contributed by atoms with Crippen LogP contribution in [0.1, 0.15) is 52.1 Å². The highest BCUT2D eigenvalue weighted by molar-refractivity contribution is 9.10. The molecule has 1 aromatic rings. The number of hydrogen-bond donors (Lipinski definition) is 1. The van der Waals surface area contributed by atoms with Gasteiger partial charge in [0.1, 0.15) is 5.60 Å². The minimum Gasteiger partial charge on any atom is -0.444 e. The third kappa shape index (κ3) is 5.64. The Hall–Kier alpha value is -0.780. The first-order valence-corrected chi connectivity index (χ1v) is 9.52. The minimum absolute atomic E-state index is 0.120. The Kier molecular flexibility index (Phi) is 6.57. The SMILES string of the molecule is CC(NC1CCCN(C(=O)OC(C)(C)C)C1)c1ccc(Br)cc1Cl. The zero-order valence-corrected chi connectivity index (χ0v) is 17.1. The van der Waals surface area contributed by atoms with Crippen molar-refractivity contribution >= 4 is 33.6 Å². The van der Waals surface area contributed by atoms with Crippen LogP contribution in [0.4, 0.5) is 4.79 Å². The predicted molar refractivity (Wildman–Crippen MR) is 102 cm³/mol. The number of hydrogen-bond acceptors (Lipinski definition) is 3. The summed E-state index contributed by atoms with van der Waals surface area (Å²) in [5, 5.41) is 4.33. The lowest BCUT2D eigenvalue weighted by atomic mass is 10.0. The maximum atomic E-state index is 12.3. The first-order chi connectivity index (χ1) is 11.2. The molecule has 1 aromatic carbocycles. The van der Waals surface area contributed by atoms with Crippen LogP contribution in [0.15, 0.2) is 22.7 Å². The van der Waals surface area contributed by atoms with Gasteiger partial charge < -0.3 is 15.0 Å². The van der Waals surface area contributed by atoms with E-state index < -0.39 is 5.60 Å². The topological polar surface area (TPSA) is 41.6 Å². The van der Waals surface area contributed by atoms with Crippen LogP contribution in [-0.2, 0) is 4.74 Å². The number of ether oxygens (including phenoxy) is 1. The minimum atomic E-state index is -0.463. The molecule has 1 heterocycles. The van der Waals surface area contributed by atoms with Crippen molar-refractivity contribution in [3.8, 4) is 0 Å². The van der Waals surface area contributed by atoms with E-state index in [4.69, 9.17) is 16.3 Å². The van der Waals surface area contributed by atoms with Crippen LogP contribution in [-0.4, -0.2) is 35.7 Å². The molecule has 1 N–H and O–H groups in total. The van der Waals surface area contributed by atoms with Crippen LogP contribution in [0.5, 0.6) is 0 Å². The highest BCUT2D eigenvalue weighted by Gasteiger charge is 2.28. The normalized spacial score (nSPS) is 19.9. The largest absolute Gasteiger partial charge is 0.444 e. The molecule has 2 unspecified atom stereocenters. The van der Waals surface area contributed by atoms with Gasteiger partial charge in [-0.15, -0.1) is 0 Å². The number of nitrogens with zero attached hydrogens (tertiary/aromatic N) is 1. The number of piperidine rings is 1. The molecule has 1 saturated heterocycles. The highest BCUT2D eigenvalue weighted by Crippen LogP contribution is 2.27. The number of likely N-dealkylation sites (tertiary alicyclic amines) is 1. The first-order valence-electron chi connectivity index (χ1n) is 8.34. The van der Waals surface area contributed by atoms with Crippen molar-refractivity contribution in [2.45, 2.75) is 58.2 Å². The summed E-state index contributed by atoms with van der Waals surface area (Å²) >= 11 is 9.77. The first kappa shape index (κ1) is 19.5. The molecule has 134 valence electrons. The molecule has 0 spiro atoms. The lowest BCUT2D eigenvalue weighted by Gasteiger charge is -2.35. The summed E-state index contributed by atoms with van der Waals surface area (Å²) in [6.45, 7) is 9.18. The van der Waals surface area contributed by atoms with Crippen LogP contribution in [0, 0.1) is 0 Å². The van der Waals surface area contributed by atoms with E-state index >= 15 is 0 Å². The number of carbonyl (C=O) groups is 1. The monoisotopic (exact) mass is 416 g/mol. The Labute approximate surface area is 158 Å². The lowest BCUT2D eigenvalue weighted by Crippen LogP contribution is -2.49. The second-order valence-corrected chi connectivity index (χ2v) is 8.64. The number of amides is 1. The van der Waals surface area contributed by atoms with Gasteiger partial charge >= 0.3 is 6.09 Å². The fourth-order valence-corrected chi connectivity index (χ4v) is 3.74. The van der Waals surface area contributed by atoms with Gasteiger partial charge in [0, 0.05) is 34.7 Å². The van der Waals surface area contributed by atoms with Crippen molar-refractivity contribution in [3.05, 3.63) is 33.3 Å². The molecule has 24 heavy (non-hydrogen) atoms. The molecule has 0 aliphatic carbocycles.